The summed E-state index contributed by atoms with van der Waals surface area (Å²) in [6.45, 7) is 1.25. The van der Waals surface area contributed by atoms with Gasteiger partial charge in [0.25, 0.3) is 0 Å². The summed E-state index contributed by atoms with van der Waals surface area (Å²) in [6, 6.07) is 9.11. The summed E-state index contributed by atoms with van der Waals surface area (Å²) in [7, 11) is -3.35. The summed E-state index contributed by atoms with van der Waals surface area (Å²) >= 11 is 3.25. The first-order chi connectivity index (χ1) is 11.6. The molecule has 0 bridgehead atoms. The van der Waals surface area contributed by atoms with Crippen LogP contribution >= 0.6 is 22.7 Å². The van der Waals surface area contributed by atoms with Crippen LogP contribution < -0.4 is 0 Å². The molecule has 24 heavy (non-hydrogen) atoms. The number of thiophene rings is 1. The molecule has 0 unspecified atom stereocenters. The number of rotatable bonds is 4. The summed E-state index contributed by atoms with van der Waals surface area (Å²) in [5.74, 6) is 0. The molecule has 0 saturated carbocycles. The van der Waals surface area contributed by atoms with Gasteiger partial charge in [0, 0.05) is 35.0 Å². The standard InChI is InChI=1S/C17H16N2O2S3/c20-24(21,19-8-1-2-9-19)15-5-3-13(4-6-15)16-12-23-17(18-16)14-7-10-22-11-14/h3-7,10-12H,1-2,8-9H2. The monoisotopic (exact) mass is 376 g/mol. The first kappa shape index (κ1) is 16.0. The molecule has 7 heteroatoms. The minimum absolute atomic E-state index is 0.362. The van der Waals surface area contributed by atoms with E-state index in [1.807, 2.05) is 22.9 Å². The summed E-state index contributed by atoms with van der Waals surface area (Å²) in [5.41, 5.74) is 2.95. The second kappa shape index (κ2) is 6.40. The van der Waals surface area contributed by atoms with Crippen molar-refractivity contribution >= 4 is 32.7 Å². The molecule has 3 aromatic rings. The van der Waals surface area contributed by atoms with E-state index in [9.17, 15) is 8.42 Å². The van der Waals surface area contributed by atoms with E-state index in [0.29, 0.717) is 18.0 Å². The Morgan fingerprint density at radius 2 is 1.71 bits per heavy atom. The molecular formula is C17H16N2O2S3. The Morgan fingerprint density at radius 1 is 0.958 bits per heavy atom. The maximum Gasteiger partial charge on any atom is 0.243 e. The molecule has 0 amide bonds. The normalized spacial score (nSPS) is 15.8. The topological polar surface area (TPSA) is 50.3 Å². The molecule has 4 rings (SSSR count). The van der Waals surface area contributed by atoms with Crippen molar-refractivity contribution in [2.24, 2.45) is 0 Å². The lowest BCUT2D eigenvalue weighted by Gasteiger charge is -2.15. The lowest BCUT2D eigenvalue weighted by molar-refractivity contribution is 0.477. The van der Waals surface area contributed by atoms with Gasteiger partial charge in [-0.1, -0.05) is 12.1 Å². The highest BCUT2D eigenvalue weighted by Gasteiger charge is 2.26. The van der Waals surface area contributed by atoms with Gasteiger partial charge >= 0.3 is 0 Å². The van der Waals surface area contributed by atoms with Crippen molar-refractivity contribution in [3.8, 4) is 21.8 Å². The van der Waals surface area contributed by atoms with Gasteiger partial charge in [-0.05, 0) is 36.4 Å². The number of nitrogens with zero attached hydrogens (tertiary/aromatic N) is 2. The Hall–Kier alpha value is -1.54. The molecule has 0 aliphatic carbocycles. The number of benzene rings is 1. The van der Waals surface area contributed by atoms with Crippen LogP contribution in [0.2, 0.25) is 0 Å². The van der Waals surface area contributed by atoms with Crippen molar-refractivity contribution < 1.29 is 8.42 Å². The fraction of sp³-hybridized carbons (Fsp3) is 0.235. The molecule has 124 valence electrons. The molecule has 1 aliphatic rings. The first-order valence-electron chi connectivity index (χ1n) is 7.73. The quantitative estimate of drug-likeness (QED) is 0.681. The van der Waals surface area contributed by atoms with Gasteiger partial charge in [-0.3, -0.25) is 0 Å². The van der Waals surface area contributed by atoms with Crippen molar-refractivity contribution in [3.05, 3.63) is 46.5 Å². The zero-order valence-electron chi connectivity index (χ0n) is 12.9. The highest BCUT2D eigenvalue weighted by molar-refractivity contribution is 7.89. The predicted octanol–water partition coefficient (Wildman–Crippen LogP) is 4.32. The molecule has 3 heterocycles. The van der Waals surface area contributed by atoms with Gasteiger partial charge in [-0.2, -0.15) is 15.6 Å². The van der Waals surface area contributed by atoms with Crippen molar-refractivity contribution in [2.45, 2.75) is 17.7 Å². The van der Waals surface area contributed by atoms with Gasteiger partial charge in [-0.25, -0.2) is 13.4 Å². The SMILES string of the molecule is O=S(=O)(c1ccc(-c2csc(-c3ccsc3)n2)cc1)N1CCCC1. The Balaban J connectivity index is 1.60. The highest BCUT2D eigenvalue weighted by atomic mass is 32.2. The average molecular weight is 377 g/mol. The third kappa shape index (κ3) is 2.93. The molecule has 1 fully saturated rings. The van der Waals surface area contributed by atoms with Crippen LogP contribution in [-0.4, -0.2) is 30.8 Å². The number of thiazole rings is 1. The van der Waals surface area contributed by atoms with Crippen molar-refractivity contribution in [2.75, 3.05) is 13.1 Å². The molecule has 2 aromatic heterocycles. The molecule has 0 spiro atoms. The van der Waals surface area contributed by atoms with E-state index < -0.39 is 10.0 Å². The molecule has 4 nitrogen and oxygen atoms in total. The van der Waals surface area contributed by atoms with Gasteiger partial charge in [0.15, 0.2) is 0 Å². The van der Waals surface area contributed by atoms with Gasteiger partial charge in [0.2, 0.25) is 10.0 Å². The highest BCUT2D eigenvalue weighted by Crippen LogP contribution is 2.31. The van der Waals surface area contributed by atoms with Crippen LogP contribution in [-0.2, 0) is 10.0 Å². The van der Waals surface area contributed by atoms with E-state index in [-0.39, 0.29) is 0 Å². The van der Waals surface area contributed by atoms with Crippen LogP contribution in [0, 0.1) is 0 Å². The summed E-state index contributed by atoms with van der Waals surface area (Å²) in [6.07, 6.45) is 1.89. The molecule has 1 aliphatic heterocycles. The van der Waals surface area contributed by atoms with Crippen LogP contribution in [0.1, 0.15) is 12.8 Å². The smallest absolute Gasteiger partial charge is 0.236 e. The summed E-state index contributed by atoms with van der Waals surface area (Å²) in [4.78, 5) is 5.02. The minimum Gasteiger partial charge on any atom is -0.236 e. The Kier molecular flexibility index (Phi) is 4.26. The van der Waals surface area contributed by atoms with Crippen molar-refractivity contribution in [3.63, 3.8) is 0 Å². The lowest BCUT2D eigenvalue weighted by atomic mass is 10.2. The fourth-order valence-electron chi connectivity index (χ4n) is 2.80. The van der Waals surface area contributed by atoms with E-state index in [4.69, 9.17) is 0 Å². The van der Waals surface area contributed by atoms with Gasteiger partial charge in [0.05, 0.1) is 10.6 Å². The van der Waals surface area contributed by atoms with Gasteiger partial charge in [-0.15, -0.1) is 11.3 Å². The second-order valence-electron chi connectivity index (χ2n) is 5.69. The third-order valence-corrected chi connectivity index (χ3v) is 7.61. The van der Waals surface area contributed by atoms with E-state index in [1.54, 1.807) is 39.1 Å². The van der Waals surface area contributed by atoms with E-state index >= 15 is 0 Å². The maximum atomic E-state index is 12.6. The first-order valence-corrected chi connectivity index (χ1v) is 11.0. The van der Waals surface area contributed by atoms with Gasteiger partial charge < -0.3 is 0 Å². The Morgan fingerprint density at radius 3 is 2.38 bits per heavy atom. The van der Waals surface area contributed by atoms with Gasteiger partial charge in [0.1, 0.15) is 5.01 Å². The largest absolute Gasteiger partial charge is 0.243 e. The van der Waals surface area contributed by atoms with E-state index in [0.717, 1.165) is 34.7 Å². The van der Waals surface area contributed by atoms with Crippen LogP contribution in [0.3, 0.4) is 0 Å². The summed E-state index contributed by atoms with van der Waals surface area (Å²) in [5, 5.41) is 7.11. The van der Waals surface area contributed by atoms with E-state index in [1.165, 1.54) is 0 Å². The van der Waals surface area contributed by atoms with Crippen LogP contribution in [0.5, 0.6) is 0 Å². The molecule has 1 aromatic carbocycles. The fourth-order valence-corrected chi connectivity index (χ4v) is 5.86. The second-order valence-corrected chi connectivity index (χ2v) is 9.26. The van der Waals surface area contributed by atoms with Crippen molar-refractivity contribution in [1.29, 1.82) is 0 Å². The zero-order chi connectivity index (χ0) is 16.6. The zero-order valence-corrected chi connectivity index (χ0v) is 15.3. The maximum absolute atomic E-state index is 12.6. The number of aromatic nitrogens is 1. The van der Waals surface area contributed by atoms with Crippen LogP contribution in [0.15, 0.2) is 51.4 Å². The molecule has 1 saturated heterocycles. The predicted molar refractivity (Wildman–Crippen MR) is 98.9 cm³/mol. The van der Waals surface area contributed by atoms with Crippen molar-refractivity contribution in [1.82, 2.24) is 9.29 Å². The van der Waals surface area contributed by atoms with Crippen LogP contribution in [0.4, 0.5) is 0 Å². The average Bonchev–Trinajstić information content (AvgIpc) is 3.36. The lowest BCUT2D eigenvalue weighted by Crippen LogP contribution is -2.27. The number of hydrogen-bond acceptors (Lipinski definition) is 5. The third-order valence-electron chi connectivity index (χ3n) is 4.13. The molecule has 0 N–H and O–H groups in total. The van der Waals surface area contributed by atoms with Crippen LogP contribution in [0.25, 0.3) is 21.8 Å². The molecule has 0 atom stereocenters. The minimum atomic E-state index is -3.35. The molecule has 0 radical (unpaired) electrons. The van der Waals surface area contributed by atoms with E-state index in [2.05, 4.69) is 16.4 Å². The molecular weight excluding hydrogens is 360 g/mol. The number of hydrogen-bond donors (Lipinski definition) is 0. The Labute approximate surface area is 149 Å². The number of sulfonamides is 1. The summed E-state index contributed by atoms with van der Waals surface area (Å²) < 4.78 is 26.7. The Bertz CT molecular complexity index is 923.